The third-order valence-corrected chi connectivity index (χ3v) is 1.91. The molecule has 5 N–H and O–H groups in total. The zero-order valence-corrected chi connectivity index (χ0v) is 8.81. The fourth-order valence-electron chi connectivity index (χ4n) is 0.941. The number of nitro groups is 1. The Morgan fingerprint density at radius 1 is 1.56 bits per heavy atom. The first kappa shape index (κ1) is 11.9. The van der Waals surface area contributed by atoms with Crippen LogP contribution in [0.1, 0.15) is 5.56 Å². The van der Waals surface area contributed by atoms with Crippen molar-refractivity contribution in [3.8, 4) is 0 Å². The van der Waals surface area contributed by atoms with Crippen molar-refractivity contribution >= 4 is 29.5 Å². The first-order chi connectivity index (χ1) is 7.50. The van der Waals surface area contributed by atoms with Gasteiger partial charge in [-0.25, -0.2) is 0 Å². The number of nitrogens with zero attached hydrogens (tertiary/aromatic N) is 2. The minimum absolute atomic E-state index is 0.0731. The Morgan fingerprint density at radius 3 is 2.81 bits per heavy atom. The van der Waals surface area contributed by atoms with Gasteiger partial charge in [0, 0.05) is 16.7 Å². The third kappa shape index (κ3) is 3.21. The number of guanidine groups is 1. The Bertz CT molecular complexity index is 467. The standard InChI is InChI=1S/C8H8ClN5O2/c9-6-2-1-5(3-7(6)14(15)16)4-12-13-8(10)11/h1-4H,(H4,10,11,13)/p+1/b12-4+. The lowest BCUT2D eigenvalue weighted by molar-refractivity contribution is -0.456. The molecule has 0 spiro atoms. The molecule has 0 aromatic heterocycles. The van der Waals surface area contributed by atoms with Crippen molar-refractivity contribution in [3.63, 3.8) is 0 Å². The summed E-state index contributed by atoms with van der Waals surface area (Å²) in [5, 5.41) is 16.6. The van der Waals surface area contributed by atoms with Crippen molar-refractivity contribution < 1.29 is 10.0 Å². The monoisotopic (exact) mass is 242 g/mol. The Kier molecular flexibility index (Phi) is 3.78. The van der Waals surface area contributed by atoms with Crippen molar-refractivity contribution in [2.45, 2.75) is 0 Å². The van der Waals surface area contributed by atoms with Gasteiger partial charge in [0.05, 0.1) is 4.92 Å². The van der Waals surface area contributed by atoms with Crippen molar-refractivity contribution in [2.75, 3.05) is 0 Å². The van der Waals surface area contributed by atoms with Gasteiger partial charge in [-0.15, -0.1) is 5.10 Å². The van der Waals surface area contributed by atoms with Crippen LogP contribution in [0.25, 0.3) is 0 Å². The molecule has 0 radical (unpaired) electrons. The second-order valence-electron chi connectivity index (χ2n) is 2.78. The molecule has 16 heavy (non-hydrogen) atoms. The highest BCUT2D eigenvalue weighted by atomic mass is 35.5. The minimum atomic E-state index is -0.569. The van der Waals surface area contributed by atoms with E-state index in [0.717, 1.165) is 0 Å². The highest BCUT2D eigenvalue weighted by Gasteiger charge is 2.12. The SMILES string of the molecule is NC(N)=N/[NH+]=C/c1ccc(Cl)c([N+](=O)[O-])c1. The molecule has 0 aliphatic carbocycles. The average molecular weight is 243 g/mol. The van der Waals surface area contributed by atoms with Crippen LogP contribution in [0.2, 0.25) is 5.02 Å². The Labute approximate surface area is 95.6 Å². The van der Waals surface area contributed by atoms with E-state index in [-0.39, 0.29) is 16.7 Å². The Hall–Kier alpha value is -2.15. The molecule has 0 amide bonds. The topological polar surface area (TPSA) is 122 Å². The minimum Gasteiger partial charge on any atom is -0.365 e. The van der Waals surface area contributed by atoms with E-state index in [1.807, 2.05) is 0 Å². The van der Waals surface area contributed by atoms with E-state index in [1.54, 1.807) is 6.07 Å². The van der Waals surface area contributed by atoms with Crippen LogP contribution in [0.3, 0.4) is 0 Å². The number of nitrogens with two attached hydrogens (primary N) is 2. The largest absolute Gasteiger partial charge is 0.365 e. The molecule has 0 heterocycles. The number of benzene rings is 1. The van der Waals surface area contributed by atoms with E-state index in [9.17, 15) is 10.1 Å². The van der Waals surface area contributed by atoms with Crippen LogP contribution in [0, 0.1) is 10.1 Å². The second kappa shape index (κ2) is 5.08. The first-order valence-corrected chi connectivity index (χ1v) is 4.50. The molecule has 0 saturated carbocycles. The maximum atomic E-state index is 10.6. The van der Waals surface area contributed by atoms with Crippen LogP contribution in [0.5, 0.6) is 0 Å². The summed E-state index contributed by atoms with van der Waals surface area (Å²) in [7, 11) is 0. The summed E-state index contributed by atoms with van der Waals surface area (Å²) in [6.07, 6.45) is 1.41. The number of hydrazone groups is 1. The summed E-state index contributed by atoms with van der Waals surface area (Å²) >= 11 is 5.63. The maximum absolute atomic E-state index is 10.6. The summed E-state index contributed by atoms with van der Waals surface area (Å²) in [5.74, 6) is -0.139. The quantitative estimate of drug-likeness (QED) is 0.271. The van der Waals surface area contributed by atoms with E-state index in [4.69, 9.17) is 23.1 Å². The van der Waals surface area contributed by atoms with Gasteiger partial charge in [0.25, 0.3) is 11.6 Å². The van der Waals surface area contributed by atoms with E-state index in [2.05, 4.69) is 10.2 Å². The highest BCUT2D eigenvalue weighted by Crippen LogP contribution is 2.23. The molecule has 84 valence electrons. The van der Waals surface area contributed by atoms with Crippen LogP contribution in [0.15, 0.2) is 23.3 Å². The van der Waals surface area contributed by atoms with Crippen LogP contribution in [-0.2, 0) is 0 Å². The number of rotatable bonds is 3. The second-order valence-corrected chi connectivity index (χ2v) is 3.19. The van der Waals surface area contributed by atoms with Crippen molar-refractivity contribution in [2.24, 2.45) is 16.6 Å². The lowest BCUT2D eigenvalue weighted by Gasteiger charge is -1.94. The molecule has 0 aliphatic rings. The highest BCUT2D eigenvalue weighted by molar-refractivity contribution is 6.32. The predicted molar refractivity (Wildman–Crippen MR) is 60.0 cm³/mol. The molecule has 0 unspecified atom stereocenters. The van der Waals surface area contributed by atoms with Crippen LogP contribution < -0.4 is 16.6 Å². The summed E-state index contributed by atoms with van der Waals surface area (Å²) < 4.78 is 0. The summed E-state index contributed by atoms with van der Waals surface area (Å²) in [6, 6.07) is 4.31. The van der Waals surface area contributed by atoms with Gasteiger partial charge in [-0.2, -0.15) is 0 Å². The number of nitrogens with one attached hydrogen (secondary N) is 1. The van der Waals surface area contributed by atoms with E-state index in [1.165, 1.54) is 18.3 Å². The Balaban J connectivity index is 3.00. The summed E-state index contributed by atoms with van der Waals surface area (Å²) in [5.41, 5.74) is 10.5. The Morgan fingerprint density at radius 2 is 2.25 bits per heavy atom. The summed E-state index contributed by atoms with van der Waals surface area (Å²) in [6.45, 7) is 0. The lowest BCUT2D eigenvalue weighted by atomic mass is 10.2. The van der Waals surface area contributed by atoms with Gasteiger partial charge in [0.15, 0.2) is 0 Å². The van der Waals surface area contributed by atoms with Crippen LogP contribution in [-0.4, -0.2) is 17.1 Å². The van der Waals surface area contributed by atoms with E-state index in [0.29, 0.717) is 5.56 Å². The van der Waals surface area contributed by atoms with E-state index >= 15 is 0 Å². The molecule has 0 saturated heterocycles. The zero-order chi connectivity index (χ0) is 12.1. The molecule has 1 rings (SSSR count). The number of halogens is 1. The molecule has 0 fully saturated rings. The van der Waals surface area contributed by atoms with Gasteiger partial charge >= 0.3 is 0 Å². The molecule has 0 aliphatic heterocycles. The molecule has 0 atom stereocenters. The molecule has 0 bridgehead atoms. The zero-order valence-electron chi connectivity index (χ0n) is 8.05. The van der Waals surface area contributed by atoms with Crippen LogP contribution in [0.4, 0.5) is 5.69 Å². The average Bonchev–Trinajstić information content (AvgIpc) is 2.19. The van der Waals surface area contributed by atoms with Gasteiger partial charge < -0.3 is 11.5 Å². The van der Waals surface area contributed by atoms with E-state index < -0.39 is 4.92 Å². The fourth-order valence-corrected chi connectivity index (χ4v) is 1.13. The number of hydrogen-bond donors (Lipinski definition) is 3. The smallest absolute Gasteiger partial charge is 0.288 e. The molecule has 1 aromatic carbocycles. The predicted octanol–water partition coefficient (Wildman–Crippen LogP) is -1.06. The van der Waals surface area contributed by atoms with Crippen molar-refractivity contribution in [1.29, 1.82) is 0 Å². The first-order valence-electron chi connectivity index (χ1n) is 4.12. The van der Waals surface area contributed by atoms with Crippen molar-refractivity contribution in [3.05, 3.63) is 38.9 Å². The summed E-state index contributed by atoms with van der Waals surface area (Å²) in [4.78, 5) is 10.0. The normalized spacial score (nSPS) is 10.3. The maximum Gasteiger partial charge on any atom is 0.288 e. The third-order valence-electron chi connectivity index (χ3n) is 1.59. The number of hydrogen-bond acceptors (Lipinski definition) is 3. The molecular weight excluding hydrogens is 234 g/mol. The van der Waals surface area contributed by atoms with Crippen LogP contribution >= 0.6 is 11.6 Å². The molecule has 1 aromatic rings. The molecular formula is C8H9ClN5O2+. The van der Waals surface area contributed by atoms with Gasteiger partial charge in [-0.05, 0) is 12.1 Å². The number of nitro benzene ring substituents is 1. The van der Waals surface area contributed by atoms with Gasteiger partial charge in [0.2, 0.25) is 6.21 Å². The van der Waals surface area contributed by atoms with Gasteiger partial charge in [0.1, 0.15) is 5.02 Å². The fraction of sp³-hybridized carbons (Fsp3) is 0. The van der Waals surface area contributed by atoms with Gasteiger partial charge in [-0.1, -0.05) is 11.6 Å². The molecule has 7 nitrogen and oxygen atoms in total. The van der Waals surface area contributed by atoms with Crippen molar-refractivity contribution in [1.82, 2.24) is 0 Å². The molecule has 8 heteroatoms. The van der Waals surface area contributed by atoms with Gasteiger partial charge in [-0.3, -0.25) is 10.1 Å². The lowest BCUT2D eigenvalue weighted by Crippen LogP contribution is -2.63.